The normalized spacial score (nSPS) is 10.8. The lowest BCUT2D eigenvalue weighted by Gasteiger charge is -1.94. The first-order chi connectivity index (χ1) is 6.72. The first kappa shape index (κ1) is 10.3. The van der Waals surface area contributed by atoms with Crippen LogP contribution in [0.4, 0.5) is 0 Å². The van der Waals surface area contributed by atoms with Gasteiger partial charge < -0.3 is 4.42 Å². The van der Waals surface area contributed by atoms with E-state index in [9.17, 15) is 0 Å². The van der Waals surface area contributed by atoms with Gasteiger partial charge >= 0.3 is 0 Å². The largest absolute Gasteiger partial charge is 0.443 e. The van der Waals surface area contributed by atoms with Crippen molar-refractivity contribution in [2.24, 2.45) is 0 Å². The molecule has 2 rings (SSSR count). The summed E-state index contributed by atoms with van der Waals surface area (Å²) in [7, 11) is 0. The van der Waals surface area contributed by atoms with Crippen molar-refractivity contribution in [3.05, 3.63) is 26.8 Å². The van der Waals surface area contributed by atoms with Crippen LogP contribution in [0.2, 0.25) is 8.67 Å². The predicted molar refractivity (Wildman–Crippen MR) is 59.4 cm³/mol. The van der Waals surface area contributed by atoms with Gasteiger partial charge in [0.1, 0.15) is 10.0 Å². The van der Waals surface area contributed by atoms with E-state index in [1.165, 1.54) is 17.7 Å². The van der Waals surface area contributed by atoms with Gasteiger partial charge in [-0.1, -0.05) is 23.2 Å². The lowest BCUT2D eigenvalue weighted by Crippen LogP contribution is -1.80. The molecule has 2 aromatic heterocycles. The molecular formula is C8H4Cl3NOS. The van der Waals surface area contributed by atoms with Crippen LogP contribution in [0.5, 0.6) is 0 Å². The first-order valence-corrected chi connectivity index (χ1v) is 5.76. The summed E-state index contributed by atoms with van der Waals surface area (Å²) >= 11 is 18.8. The summed E-state index contributed by atoms with van der Waals surface area (Å²) in [6.45, 7) is 0. The third-order valence-electron chi connectivity index (χ3n) is 1.67. The molecule has 0 amide bonds. The molecule has 0 atom stereocenters. The number of nitrogens with zero attached hydrogens (tertiary/aromatic N) is 1. The topological polar surface area (TPSA) is 26.0 Å². The molecule has 2 heterocycles. The Morgan fingerprint density at radius 1 is 1.43 bits per heavy atom. The Kier molecular flexibility index (Phi) is 3.02. The molecule has 0 aromatic carbocycles. The van der Waals surface area contributed by atoms with Crippen molar-refractivity contribution in [1.82, 2.24) is 4.98 Å². The van der Waals surface area contributed by atoms with Crippen LogP contribution >= 0.6 is 46.1 Å². The monoisotopic (exact) mass is 267 g/mol. The molecule has 0 fully saturated rings. The minimum absolute atomic E-state index is 0.287. The number of oxazole rings is 1. The zero-order valence-electron chi connectivity index (χ0n) is 6.76. The average molecular weight is 269 g/mol. The van der Waals surface area contributed by atoms with E-state index in [1.807, 2.05) is 0 Å². The van der Waals surface area contributed by atoms with Crippen molar-refractivity contribution in [1.29, 1.82) is 0 Å². The SMILES string of the molecule is ClCc1ncoc1-c1cc(Cl)sc1Cl. The highest BCUT2D eigenvalue weighted by molar-refractivity contribution is 7.20. The first-order valence-electron chi connectivity index (χ1n) is 3.66. The molecule has 0 saturated heterocycles. The Morgan fingerprint density at radius 2 is 2.21 bits per heavy atom. The molecule has 74 valence electrons. The molecular weight excluding hydrogens is 265 g/mol. The Morgan fingerprint density at radius 3 is 2.79 bits per heavy atom. The summed E-state index contributed by atoms with van der Waals surface area (Å²) in [5.74, 6) is 0.878. The summed E-state index contributed by atoms with van der Waals surface area (Å²) in [4.78, 5) is 3.97. The number of alkyl halides is 1. The molecule has 0 radical (unpaired) electrons. The third-order valence-corrected chi connectivity index (χ3v) is 3.41. The highest BCUT2D eigenvalue weighted by Crippen LogP contribution is 2.39. The van der Waals surface area contributed by atoms with E-state index in [1.54, 1.807) is 6.07 Å². The van der Waals surface area contributed by atoms with Crippen LogP contribution < -0.4 is 0 Å². The second-order valence-corrected chi connectivity index (χ2v) is 5.05. The number of halogens is 3. The standard InChI is InChI=1S/C8H4Cl3NOS/c9-2-5-7(13-3-12-5)4-1-6(10)14-8(4)11/h1,3H,2H2. The summed E-state index contributed by atoms with van der Waals surface area (Å²) in [6.07, 6.45) is 1.34. The van der Waals surface area contributed by atoms with E-state index < -0.39 is 0 Å². The average Bonchev–Trinajstić information content (AvgIpc) is 2.71. The van der Waals surface area contributed by atoms with Crippen LogP contribution in [0.15, 0.2) is 16.9 Å². The molecule has 2 nitrogen and oxygen atoms in total. The molecule has 2 aromatic rings. The van der Waals surface area contributed by atoms with Crippen LogP contribution in [0.1, 0.15) is 5.69 Å². The Bertz CT molecular complexity index is 451. The minimum atomic E-state index is 0.287. The van der Waals surface area contributed by atoms with Gasteiger partial charge in [-0.25, -0.2) is 4.98 Å². The van der Waals surface area contributed by atoms with Crippen LogP contribution in [0.25, 0.3) is 11.3 Å². The summed E-state index contributed by atoms with van der Waals surface area (Å²) < 4.78 is 6.40. The summed E-state index contributed by atoms with van der Waals surface area (Å²) in [5.41, 5.74) is 1.41. The van der Waals surface area contributed by atoms with E-state index in [-0.39, 0.29) is 5.88 Å². The molecule has 0 aliphatic carbocycles. The number of thiophene rings is 1. The van der Waals surface area contributed by atoms with Gasteiger partial charge in [-0.3, -0.25) is 0 Å². The van der Waals surface area contributed by atoms with Crippen LogP contribution in [0.3, 0.4) is 0 Å². The molecule has 14 heavy (non-hydrogen) atoms. The van der Waals surface area contributed by atoms with E-state index in [0.717, 1.165) is 5.56 Å². The number of hydrogen-bond donors (Lipinski definition) is 0. The smallest absolute Gasteiger partial charge is 0.181 e. The van der Waals surface area contributed by atoms with E-state index in [2.05, 4.69) is 4.98 Å². The van der Waals surface area contributed by atoms with Gasteiger partial charge in [0, 0.05) is 0 Å². The maximum absolute atomic E-state index is 5.97. The Hall–Kier alpha value is -0.220. The zero-order valence-corrected chi connectivity index (χ0v) is 9.84. The fraction of sp³-hybridized carbons (Fsp3) is 0.125. The van der Waals surface area contributed by atoms with Crippen LogP contribution in [-0.4, -0.2) is 4.98 Å². The maximum atomic E-state index is 5.97. The van der Waals surface area contributed by atoms with Crippen molar-refractivity contribution < 1.29 is 4.42 Å². The van der Waals surface area contributed by atoms with Crippen LogP contribution in [0, 0.1) is 0 Å². The summed E-state index contributed by atoms with van der Waals surface area (Å²) in [5, 5.41) is 0. The lowest BCUT2D eigenvalue weighted by atomic mass is 10.2. The van der Waals surface area contributed by atoms with Crippen molar-refractivity contribution >= 4 is 46.1 Å². The van der Waals surface area contributed by atoms with Crippen molar-refractivity contribution in [2.75, 3.05) is 0 Å². The van der Waals surface area contributed by atoms with Gasteiger partial charge in [0.25, 0.3) is 0 Å². The molecule has 0 spiro atoms. The predicted octanol–water partition coefficient (Wildman–Crippen LogP) is 4.45. The second kappa shape index (κ2) is 4.11. The molecule has 0 saturated carbocycles. The molecule has 0 unspecified atom stereocenters. The number of rotatable bonds is 2. The van der Waals surface area contributed by atoms with Crippen LogP contribution in [-0.2, 0) is 5.88 Å². The van der Waals surface area contributed by atoms with Crippen molar-refractivity contribution in [3.63, 3.8) is 0 Å². The van der Waals surface area contributed by atoms with Crippen molar-refractivity contribution in [3.8, 4) is 11.3 Å². The second-order valence-electron chi connectivity index (χ2n) is 2.50. The van der Waals surface area contributed by atoms with Gasteiger partial charge in [-0.15, -0.1) is 22.9 Å². The molecule has 6 heteroatoms. The Balaban J connectivity index is 2.53. The lowest BCUT2D eigenvalue weighted by molar-refractivity contribution is 0.571. The summed E-state index contributed by atoms with van der Waals surface area (Å²) in [6, 6.07) is 1.74. The maximum Gasteiger partial charge on any atom is 0.181 e. The van der Waals surface area contributed by atoms with Gasteiger partial charge in [0.2, 0.25) is 0 Å². The quantitative estimate of drug-likeness (QED) is 0.752. The van der Waals surface area contributed by atoms with Gasteiger partial charge in [0.05, 0.1) is 15.8 Å². The number of aromatic nitrogens is 1. The van der Waals surface area contributed by atoms with E-state index in [0.29, 0.717) is 20.1 Å². The third kappa shape index (κ3) is 1.77. The molecule has 0 bridgehead atoms. The van der Waals surface area contributed by atoms with Crippen molar-refractivity contribution in [2.45, 2.75) is 5.88 Å². The van der Waals surface area contributed by atoms with E-state index in [4.69, 9.17) is 39.2 Å². The highest BCUT2D eigenvalue weighted by Gasteiger charge is 2.15. The molecule has 0 aliphatic rings. The van der Waals surface area contributed by atoms with Gasteiger partial charge in [-0.05, 0) is 6.07 Å². The fourth-order valence-corrected chi connectivity index (χ4v) is 2.73. The molecule has 0 aliphatic heterocycles. The van der Waals surface area contributed by atoms with Gasteiger partial charge in [-0.2, -0.15) is 0 Å². The zero-order chi connectivity index (χ0) is 10.1. The van der Waals surface area contributed by atoms with E-state index >= 15 is 0 Å². The fourth-order valence-electron chi connectivity index (χ4n) is 1.08. The minimum Gasteiger partial charge on any atom is -0.443 e. The molecule has 0 N–H and O–H groups in total. The number of hydrogen-bond acceptors (Lipinski definition) is 3. The highest BCUT2D eigenvalue weighted by atomic mass is 35.5. The van der Waals surface area contributed by atoms with Gasteiger partial charge in [0.15, 0.2) is 12.2 Å². The Labute approximate surface area is 99.4 Å².